The van der Waals surface area contributed by atoms with Gasteiger partial charge in [-0.05, 0) is 44.0 Å². The lowest BCUT2D eigenvalue weighted by Gasteiger charge is -2.32. The third-order valence-corrected chi connectivity index (χ3v) is 4.21. The lowest BCUT2D eigenvalue weighted by atomic mass is 9.96. The molecule has 134 valence electrons. The number of amides is 1. The maximum Gasteiger partial charge on any atom is 0.311 e. The van der Waals surface area contributed by atoms with Crippen LogP contribution in [0.3, 0.4) is 0 Å². The zero-order valence-corrected chi connectivity index (χ0v) is 14.8. The maximum absolute atomic E-state index is 12.5. The van der Waals surface area contributed by atoms with Gasteiger partial charge in [-0.3, -0.25) is 14.9 Å². The number of hydrogen-bond donors (Lipinski definition) is 1. The molecule has 1 aliphatic rings. The summed E-state index contributed by atoms with van der Waals surface area (Å²) in [5.74, 6) is 0.595. The minimum Gasteiger partial charge on any atom is -0.490 e. The molecule has 0 bridgehead atoms. The van der Waals surface area contributed by atoms with Crippen LogP contribution in [0.4, 0.5) is 5.69 Å². The van der Waals surface area contributed by atoms with Crippen molar-refractivity contribution in [1.29, 1.82) is 0 Å². The lowest BCUT2D eigenvalue weighted by Crippen LogP contribution is -2.40. The summed E-state index contributed by atoms with van der Waals surface area (Å²) in [6.45, 7) is 5.39. The van der Waals surface area contributed by atoms with Gasteiger partial charge in [0.1, 0.15) is 0 Å². The molecule has 1 N–H and O–H groups in total. The Balaban J connectivity index is 0.00000288. The largest absolute Gasteiger partial charge is 0.490 e. The SMILES string of the molecule is CCNCC1CCN(C(=O)c2ccc(OC)c([N+](=O)[O-])c2)CC1.Cl. The van der Waals surface area contributed by atoms with Gasteiger partial charge in [0, 0.05) is 24.7 Å². The molecule has 0 unspecified atom stereocenters. The standard InChI is InChI=1S/C16H23N3O4.ClH/c1-3-17-11-12-6-8-18(9-7-12)16(20)13-4-5-15(23-2)14(10-13)19(21)22;/h4-5,10,12,17H,3,6-9,11H2,1-2H3;1H. The van der Waals surface area contributed by atoms with E-state index in [4.69, 9.17) is 4.74 Å². The van der Waals surface area contributed by atoms with Gasteiger partial charge in [0.05, 0.1) is 12.0 Å². The molecule has 0 atom stereocenters. The molecule has 2 rings (SSSR count). The van der Waals surface area contributed by atoms with E-state index >= 15 is 0 Å². The molecule has 1 fully saturated rings. The van der Waals surface area contributed by atoms with Gasteiger partial charge < -0.3 is 15.0 Å². The zero-order chi connectivity index (χ0) is 16.8. The van der Waals surface area contributed by atoms with E-state index < -0.39 is 4.92 Å². The fourth-order valence-corrected chi connectivity index (χ4v) is 2.84. The fraction of sp³-hybridized carbons (Fsp3) is 0.562. The predicted octanol–water partition coefficient (Wildman–Crippen LogP) is 2.49. The highest BCUT2D eigenvalue weighted by atomic mass is 35.5. The molecule has 7 nitrogen and oxygen atoms in total. The number of nitrogens with one attached hydrogen (secondary N) is 1. The molecule has 1 aromatic carbocycles. The van der Waals surface area contributed by atoms with Crippen LogP contribution in [0.1, 0.15) is 30.1 Å². The first-order chi connectivity index (χ1) is 11.1. The summed E-state index contributed by atoms with van der Waals surface area (Å²) in [7, 11) is 1.37. The van der Waals surface area contributed by atoms with Crippen LogP contribution in [0.25, 0.3) is 0 Å². The van der Waals surface area contributed by atoms with Crippen LogP contribution < -0.4 is 10.1 Å². The molecule has 8 heteroatoms. The second-order valence-corrected chi connectivity index (χ2v) is 5.69. The number of benzene rings is 1. The van der Waals surface area contributed by atoms with Crippen molar-refractivity contribution in [3.8, 4) is 5.75 Å². The Morgan fingerprint density at radius 2 is 2.08 bits per heavy atom. The van der Waals surface area contributed by atoms with Gasteiger partial charge in [0.15, 0.2) is 5.75 Å². The third kappa shape index (κ3) is 4.82. The van der Waals surface area contributed by atoms with Crippen molar-refractivity contribution in [1.82, 2.24) is 10.2 Å². The molecule has 1 heterocycles. The van der Waals surface area contributed by atoms with Gasteiger partial charge in [-0.15, -0.1) is 12.4 Å². The van der Waals surface area contributed by atoms with Crippen molar-refractivity contribution in [2.24, 2.45) is 5.92 Å². The van der Waals surface area contributed by atoms with Gasteiger partial charge >= 0.3 is 5.69 Å². The van der Waals surface area contributed by atoms with Gasteiger partial charge in [0.25, 0.3) is 5.91 Å². The number of nitro groups is 1. The molecule has 1 aromatic rings. The molecule has 1 amide bonds. The van der Waals surface area contributed by atoms with Crippen molar-refractivity contribution >= 4 is 24.0 Å². The van der Waals surface area contributed by atoms with Gasteiger partial charge in [-0.2, -0.15) is 0 Å². The molecule has 0 radical (unpaired) electrons. The van der Waals surface area contributed by atoms with Crippen LogP contribution in [0, 0.1) is 16.0 Å². The Bertz CT molecular complexity index is 574. The highest BCUT2D eigenvalue weighted by molar-refractivity contribution is 5.95. The number of hydrogen-bond acceptors (Lipinski definition) is 5. The van der Waals surface area contributed by atoms with Crippen LogP contribution in [0.2, 0.25) is 0 Å². The Kier molecular flexibility index (Phi) is 7.94. The van der Waals surface area contributed by atoms with Gasteiger partial charge in [0.2, 0.25) is 0 Å². The van der Waals surface area contributed by atoms with E-state index in [1.54, 1.807) is 11.0 Å². The summed E-state index contributed by atoms with van der Waals surface area (Å²) in [6.07, 6.45) is 1.91. The van der Waals surface area contributed by atoms with Crippen LogP contribution in [-0.4, -0.2) is 49.0 Å². The van der Waals surface area contributed by atoms with Crippen LogP contribution in [-0.2, 0) is 0 Å². The Morgan fingerprint density at radius 1 is 1.42 bits per heavy atom. The average molecular weight is 358 g/mol. The summed E-state index contributed by atoms with van der Waals surface area (Å²) >= 11 is 0. The number of piperidine rings is 1. The van der Waals surface area contributed by atoms with Crippen molar-refractivity contribution in [2.45, 2.75) is 19.8 Å². The monoisotopic (exact) mass is 357 g/mol. The van der Waals surface area contributed by atoms with E-state index in [0.717, 1.165) is 25.9 Å². The fourth-order valence-electron chi connectivity index (χ4n) is 2.84. The molecule has 0 spiro atoms. The number of rotatable bonds is 6. The number of nitrogens with zero attached hydrogens (tertiary/aromatic N) is 2. The second kappa shape index (κ2) is 9.44. The first-order valence-corrected chi connectivity index (χ1v) is 7.89. The van der Waals surface area contributed by atoms with E-state index in [0.29, 0.717) is 24.6 Å². The number of halogens is 1. The quantitative estimate of drug-likeness (QED) is 0.624. The van der Waals surface area contributed by atoms with Crippen molar-refractivity contribution in [3.05, 3.63) is 33.9 Å². The second-order valence-electron chi connectivity index (χ2n) is 5.69. The molecule has 0 saturated carbocycles. The van der Waals surface area contributed by atoms with Crippen molar-refractivity contribution < 1.29 is 14.5 Å². The van der Waals surface area contributed by atoms with E-state index in [2.05, 4.69) is 12.2 Å². The minimum absolute atomic E-state index is 0. The van der Waals surface area contributed by atoms with Crippen LogP contribution >= 0.6 is 12.4 Å². The highest BCUT2D eigenvalue weighted by Gasteiger charge is 2.25. The number of nitro benzene ring substituents is 1. The summed E-state index contributed by atoms with van der Waals surface area (Å²) in [6, 6.07) is 4.36. The average Bonchev–Trinajstić information content (AvgIpc) is 2.59. The first-order valence-electron chi connectivity index (χ1n) is 7.89. The molecule has 24 heavy (non-hydrogen) atoms. The number of methoxy groups -OCH3 is 1. The van der Waals surface area contributed by atoms with Crippen molar-refractivity contribution in [2.75, 3.05) is 33.3 Å². The molecular weight excluding hydrogens is 334 g/mol. The summed E-state index contributed by atoms with van der Waals surface area (Å²) in [4.78, 5) is 24.9. The van der Waals surface area contributed by atoms with E-state index in [1.807, 2.05) is 0 Å². The summed E-state index contributed by atoms with van der Waals surface area (Å²) in [5, 5.41) is 14.4. The highest BCUT2D eigenvalue weighted by Crippen LogP contribution is 2.28. The third-order valence-electron chi connectivity index (χ3n) is 4.21. The number of carbonyl (C=O) groups excluding carboxylic acids is 1. The number of ether oxygens (including phenoxy) is 1. The van der Waals surface area contributed by atoms with Crippen molar-refractivity contribution in [3.63, 3.8) is 0 Å². The molecule has 0 aromatic heterocycles. The molecule has 1 aliphatic heterocycles. The normalized spacial score (nSPS) is 14.8. The van der Waals surface area contributed by atoms with E-state index in [9.17, 15) is 14.9 Å². The van der Waals surface area contributed by atoms with Gasteiger partial charge in [-0.25, -0.2) is 0 Å². The molecule has 0 aliphatic carbocycles. The summed E-state index contributed by atoms with van der Waals surface area (Å²) in [5.41, 5.74) is 0.156. The number of carbonyl (C=O) groups is 1. The zero-order valence-electron chi connectivity index (χ0n) is 14.0. The molecular formula is C16H24ClN3O4. The smallest absolute Gasteiger partial charge is 0.311 e. The van der Waals surface area contributed by atoms with Crippen LogP contribution in [0.15, 0.2) is 18.2 Å². The Labute approximate surface area is 147 Å². The molecule has 1 saturated heterocycles. The Hall–Kier alpha value is -1.86. The van der Waals surface area contributed by atoms with Crippen LogP contribution in [0.5, 0.6) is 5.75 Å². The lowest BCUT2D eigenvalue weighted by molar-refractivity contribution is -0.385. The van der Waals surface area contributed by atoms with E-state index in [-0.39, 0.29) is 29.8 Å². The maximum atomic E-state index is 12.5. The minimum atomic E-state index is -0.529. The number of likely N-dealkylation sites (tertiary alicyclic amines) is 1. The summed E-state index contributed by atoms with van der Waals surface area (Å²) < 4.78 is 4.96. The first kappa shape index (κ1) is 20.2. The Morgan fingerprint density at radius 3 is 2.62 bits per heavy atom. The van der Waals surface area contributed by atoms with Gasteiger partial charge in [-0.1, -0.05) is 6.92 Å². The predicted molar refractivity (Wildman–Crippen MR) is 94.1 cm³/mol. The topological polar surface area (TPSA) is 84.7 Å². The van der Waals surface area contributed by atoms with E-state index in [1.165, 1.54) is 19.2 Å².